The van der Waals surface area contributed by atoms with E-state index in [1.807, 2.05) is 13.0 Å². The number of hydrogen-bond donors (Lipinski definition) is 0. The first kappa shape index (κ1) is 24.6. The van der Waals surface area contributed by atoms with Crippen molar-refractivity contribution in [2.45, 2.75) is 49.7 Å². The van der Waals surface area contributed by atoms with E-state index in [1.54, 1.807) is 13.8 Å². The van der Waals surface area contributed by atoms with Crippen molar-refractivity contribution in [3.63, 3.8) is 0 Å². The third kappa shape index (κ3) is 4.57. The fourth-order valence-corrected chi connectivity index (χ4v) is 3.92. The van der Waals surface area contributed by atoms with Gasteiger partial charge in [-0.1, -0.05) is 6.92 Å². The lowest BCUT2D eigenvalue weighted by atomic mass is 9.87. The molecule has 0 radical (unpaired) electrons. The monoisotopic (exact) mass is 482 g/mol. The van der Waals surface area contributed by atoms with Crippen molar-refractivity contribution in [1.29, 1.82) is 5.26 Å². The van der Waals surface area contributed by atoms with Gasteiger partial charge in [-0.2, -0.15) is 14.0 Å². The minimum atomic E-state index is -5.06. The predicted molar refractivity (Wildman–Crippen MR) is 115 cm³/mol. The molecule has 0 bridgehead atoms. The van der Waals surface area contributed by atoms with Gasteiger partial charge in [0.2, 0.25) is 6.30 Å². The van der Waals surface area contributed by atoms with Crippen molar-refractivity contribution < 1.29 is 22.0 Å². The Morgan fingerprint density at radius 1 is 1.15 bits per heavy atom. The van der Waals surface area contributed by atoms with Gasteiger partial charge < -0.3 is 0 Å². The van der Waals surface area contributed by atoms with E-state index in [1.165, 1.54) is 30.1 Å². The highest BCUT2D eigenvalue weighted by Crippen LogP contribution is 2.37. The zero-order valence-corrected chi connectivity index (χ0v) is 18.6. The lowest BCUT2D eigenvalue weighted by molar-refractivity contribution is -0.191. The van der Waals surface area contributed by atoms with Gasteiger partial charge in [-0.05, 0) is 43.4 Å². The zero-order valence-electron chi connectivity index (χ0n) is 17.8. The van der Waals surface area contributed by atoms with Crippen LogP contribution in [0.3, 0.4) is 0 Å². The van der Waals surface area contributed by atoms with Crippen molar-refractivity contribution in [3.8, 4) is 17.5 Å². The molecule has 0 fully saturated rings. The van der Waals surface area contributed by atoms with Crippen molar-refractivity contribution in [1.82, 2.24) is 14.5 Å². The van der Waals surface area contributed by atoms with E-state index in [0.29, 0.717) is 27.6 Å². The largest absolute Gasteiger partial charge is 0.356 e. The van der Waals surface area contributed by atoms with Gasteiger partial charge >= 0.3 is 12.3 Å². The first-order chi connectivity index (χ1) is 15.4. The molecule has 0 aliphatic carbocycles. The van der Waals surface area contributed by atoms with Crippen LogP contribution in [0.25, 0.3) is 22.3 Å². The van der Waals surface area contributed by atoms with Gasteiger partial charge in [-0.25, -0.2) is 13.2 Å². The second-order valence-corrected chi connectivity index (χ2v) is 9.03. The second-order valence-electron chi connectivity index (χ2n) is 7.72. The summed E-state index contributed by atoms with van der Waals surface area (Å²) < 4.78 is 67.0. The number of nitrogens with zero attached hydrogens (tertiary/aromatic N) is 4. The van der Waals surface area contributed by atoms with E-state index >= 15 is 0 Å². The standard InChI is InChI=1S/C22H19F5N4OS/c1-4-33-16-8-13(21(2,3)11-28)9-30-18(16)14-7-12-5-6-17(32)31(15(12)10-29-14)20(25)22(26,27)19(23)24/h5-10,19-20H,4H2,1-3H3. The Balaban J connectivity index is 2.17. The number of nitriles is 1. The molecule has 0 aromatic carbocycles. The normalized spacial score (nSPS) is 13.3. The van der Waals surface area contributed by atoms with E-state index in [9.17, 15) is 32.0 Å². The Morgan fingerprint density at radius 3 is 2.45 bits per heavy atom. The summed E-state index contributed by atoms with van der Waals surface area (Å²) in [5, 5.41) is 9.54. The van der Waals surface area contributed by atoms with Crippen LogP contribution in [0, 0.1) is 11.3 Å². The van der Waals surface area contributed by atoms with Crippen LogP contribution in [-0.4, -0.2) is 32.6 Å². The van der Waals surface area contributed by atoms with Gasteiger partial charge in [0.05, 0.1) is 28.9 Å². The molecule has 0 amide bonds. The Kier molecular flexibility index (Phi) is 6.79. The van der Waals surface area contributed by atoms with Crippen LogP contribution in [0.1, 0.15) is 32.6 Å². The number of fused-ring (bicyclic) bond motifs is 1. The molecule has 1 unspecified atom stereocenters. The molecule has 3 heterocycles. The summed E-state index contributed by atoms with van der Waals surface area (Å²) in [6, 6.07) is 7.53. The minimum absolute atomic E-state index is 0.0219. The first-order valence-electron chi connectivity index (χ1n) is 9.80. The number of thioether (sulfide) groups is 1. The summed E-state index contributed by atoms with van der Waals surface area (Å²) in [6.07, 6.45) is -5.35. The smallest absolute Gasteiger partial charge is 0.270 e. The van der Waals surface area contributed by atoms with Crippen LogP contribution in [0.2, 0.25) is 0 Å². The molecule has 0 saturated heterocycles. The average molecular weight is 482 g/mol. The molecule has 5 nitrogen and oxygen atoms in total. The molecule has 3 aromatic heterocycles. The molecule has 0 saturated carbocycles. The highest BCUT2D eigenvalue weighted by Gasteiger charge is 2.51. The number of aromatic nitrogens is 3. The molecular weight excluding hydrogens is 463 g/mol. The molecule has 3 rings (SSSR count). The highest BCUT2D eigenvalue weighted by atomic mass is 32.2. The summed E-state index contributed by atoms with van der Waals surface area (Å²) in [6.45, 7) is 5.42. The first-order valence-corrected chi connectivity index (χ1v) is 10.8. The average Bonchev–Trinajstić information content (AvgIpc) is 2.78. The van der Waals surface area contributed by atoms with Crippen molar-refractivity contribution in [3.05, 3.63) is 52.6 Å². The van der Waals surface area contributed by atoms with Crippen LogP contribution in [0.5, 0.6) is 0 Å². The summed E-state index contributed by atoms with van der Waals surface area (Å²) in [5.74, 6) is -4.38. The SMILES string of the molecule is CCSc1cc(C(C)(C)C#N)cnc1-c1cc2ccc(=O)n(C(F)C(F)(F)C(F)F)c2cn1. The Morgan fingerprint density at radius 2 is 1.85 bits per heavy atom. The van der Waals surface area contributed by atoms with Crippen LogP contribution >= 0.6 is 11.8 Å². The second kappa shape index (κ2) is 9.09. The van der Waals surface area contributed by atoms with Crippen molar-refractivity contribution >= 4 is 22.7 Å². The highest BCUT2D eigenvalue weighted by molar-refractivity contribution is 7.99. The molecular formula is C22H19F5N4OS. The minimum Gasteiger partial charge on any atom is -0.270 e. The Labute approximate surface area is 190 Å². The molecule has 1 atom stereocenters. The molecule has 174 valence electrons. The lowest BCUT2D eigenvalue weighted by Gasteiger charge is -2.22. The molecule has 3 aromatic rings. The molecule has 33 heavy (non-hydrogen) atoms. The van der Waals surface area contributed by atoms with Crippen LogP contribution in [0.4, 0.5) is 22.0 Å². The van der Waals surface area contributed by atoms with Crippen molar-refractivity contribution in [2.24, 2.45) is 0 Å². The maximum atomic E-state index is 14.4. The summed E-state index contributed by atoms with van der Waals surface area (Å²) in [5.41, 5.74) is -0.907. The van der Waals surface area contributed by atoms with E-state index < -0.39 is 29.6 Å². The zero-order chi connectivity index (χ0) is 24.6. The van der Waals surface area contributed by atoms with Crippen LogP contribution in [-0.2, 0) is 5.41 Å². The number of hydrogen-bond acceptors (Lipinski definition) is 5. The van der Waals surface area contributed by atoms with Crippen LogP contribution < -0.4 is 5.56 Å². The van der Waals surface area contributed by atoms with Gasteiger partial charge in [0.1, 0.15) is 5.69 Å². The summed E-state index contributed by atoms with van der Waals surface area (Å²) in [4.78, 5) is 21.4. The topological polar surface area (TPSA) is 71.6 Å². The van der Waals surface area contributed by atoms with Crippen molar-refractivity contribution in [2.75, 3.05) is 5.75 Å². The van der Waals surface area contributed by atoms with E-state index in [-0.39, 0.29) is 15.5 Å². The maximum absolute atomic E-state index is 14.4. The molecule has 0 aliphatic rings. The number of halogens is 5. The van der Waals surface area contributed by atoms with Crippen LogP contribution in [0.15, 0.2) is 46.3 Å². The van der Waals surface area contributed by atoms with Gasteiger partial charge in [0, 0.05) is 22.5 Å². The van der Waals surface area contributed by atoms with E-state index in [0.717, 1.165) is 12.3 Å². The number of alkyl halides is 5. The van der Waals surface area contributed by atoms with E-state index in [4.69, 9.17) is 0 Å². The van der Waals surface area contributed by atoms with Gasteiger partial charge in [-0.3, -0.25) is 19.3 Å². The predicted octanol–water partition coefficient (Wildman–Crippen LogP) is 5.74. The number of pyridine rings is 3. The third-order valence-corrected chi connectivity index (χ3v) is 5.96. The summed E-state index contributed by atoms with van der Waals surface area (Å²) >= 11 is 1.45. The third-order valence-electron chi connectivity index (χ3n) is 5.05. The fraction of sp³-hybridized carbons (Fsp3) is 0.364. The fourth-order valence-electron chi connectivity index (χ4n) is 3.11. The quantitative estimate of drug-likeness (QED) is 0.317. The Bertz CT molecular complexity index is 1290. The molecule has 0 spiro atoms. The van der Waals surface area contributed by atoms with Gasteiger partial charge in [0.25, 0.3) is 5.56 Å². The maximum Gasteiger partial charge on any atom is 0.356 e. The molecule has 0 N–H and O–H groups in total. The summed E-state index contributed by atoms with van der Waals surface area (Å²) in [7, 11) is 0. The van der Waals surface area contributed by atoms with Gasteiger partial charge in [-0.15, -0.1) is 11.8 Å². The molecule has 11 heteroatoms. The molecule has 0 aliphatic heterocycles. The van der Waals surface area contributed by atoms with E-state index in [2.05, 4.69) is 16.0 Å². The number of rotatable bonds is 7. The lowest BCUT2D eigenvalue weighted by Crippen LogP contribution is -2.39. The Hall–Kier alpha value is -3.00. The van der Waals surface area contributed by atoms with Gasteiger partial charge in [0.15, 0.2) is 0 Å².